The standard InChI is InChI=1S/C26H19ClFN5O/c27-20-11-7-18(8-12-20)22-16-23(19-9-13-21(28)14-10-19)33-26(29-22)31-25(32-33)30-24(34)15-6-17-4-2-1-3-5-17/h1-16,23H,(H2,29,30,31,32,34)/b15-6+/t23-/m0/s1. The second-order valence-corrected chi connectivity index (χ2v) is 8.08. The summed E-state index contributed by atoms with van der Waals surface area (Å²) < 4.78 is 15.2. The molecular formula is C26H19ClFN5O. The van der Waals surface area contributed by atoms with Crippen LogP contribution in [0.15, 0.2) is 91.0 Å². The van der Waals surface area contributed by atoms with Gasteiger partial charge in [-0.2, -0.15) is 4.98 Å². The summed E-state index contributed by atoms with van der Waals surface area (Å²) in [6.07, 6.45) is 5.11. The van der Waals surface area contributed by atoms with Gasteiger partial charge in [-0.15, -0.1) is 5.10 Å². The molecule has 0 saturated heterocycles. The van der Waals surface area contributed by atoms with Crippen LogP contribution in [0.25, 0.3) is 11.8 Å². The maximum atomic E-state index is 13.5. The average Bonchev–Trinajstić information content (AvgIpc) is 3.26. The summed E-state index contributed by atoms with van der Waals surface area (Å²) in [5, 5.41) is 11.1. The number of carbonyl (C=O) groups excluding carboxylic acids is 1. The van der Waals surface area contributed by atoms with Crippen molar-refractivity contribution in [2.75, 3.05) is 10.6 Å². The van der Waals surface area contributed by atoms with Crippen molar-refractivity contribution in [3.8, 4) is 0 Å². The van der Waals surface area contributed by atoms with Crippen molar-refractivity contribution in [1.82, 2.24) is 14.8 Å². The number of anilines is 2. The van der Waals surface area contributed by atoms with Gasteiger partial charge in [-0.05, 0) is 53.1 Å². The van der Waals surface area contributed by atoms with Crippen molar-refractivity contribution < 1.29 is 9.18 Å². The van der Waals surface area contributed by atoms with Gasteiger partial charge in [0.05, 0.1) is 0 Å². The van der Waals surface area contributed by atoms with Crippen LogP contribution in [-0.4, -0.2) is 20.7 Å². The van der Waals surface area contributed by atoms with Gasteiger partial charge >= 0.3 is 0 Å². The first-order valence-corrected chi connectivity index (χ1v) is 10.9. The number of carbonyl (C=O) groups is 1. The Labute approximate surface area is 200 Å². The molecule has 4 aromatic rings. The molecule has 3 aromatic carbocycles. The molecule has 0 fully saturated rings. The number of hydrogen-bond acceptors (Lipinski definition) is 4. The van der Waals surface area contributed by atoms with E-state index in [2.05, 4.69) is 20.7 Å². The summed E-state index contributed by atoms with van der Waals surface area (Å²) in [5.74, 6) is -0.0697. The molecule has 0 saturated carbocycles. The second kappa shape index (κ2) is 9.33. The molecule has 34 heavy (non-hydrogen) atoms. The summed E-state index contributed by atoms with van der Waals surface area (Å²) in [5.41, 5.74) is 3.43. The first-order valence-electron chi connectivity index (χ1n) is 10.6. The smallest absolute Gasteiger partial charge is 0.250 e. The molecule has 2 N–H and O–H groups in total. The molecule has 0 unspecified atom stereocenters. The van der Waals surface area contributed by atoms with E-state index in [0.29, 0.717) is 11.0 Å². The van der Waals surface area contributed by atoms with E-state index in [0.717, 1.165) is 22.4 Å². The molecule has 168 valence electrons. The van der Waals surface area contributed by atoms with E-state index in [1.54, 1.807) is 35.0 Å². The average molecular weight is 472 g/mol. The highest BCUT2D eigenvalue weighted by molar-refractivity contribution is 6.30. The topological polar surface area (TPSA) is 71.8 Å². The summed E-state index contributed by atoms with van der Waals surface area (Å²) in [6, 6.07) is 22.8. The molecule has 0 aliphatic carbocycles. The third-order valence-electron chi connectivity index (χ3n) is 5.29. The molecule has 0 spiro atoms. The number of amides is 1. The number of nitrogens with one attached hydrogen (secondary N) is 2. The van der Waals surface area contributed by atoms with E-state index in [9.17, 15) is 9.18 Å². The zero-order valence-electron chi connectivity index (χ0n) is 17.8. The highest BCUT2D eigenvalue weighted by atomic mass is 35.5. The van der Waals surface area contributed by atoms with E-state index in [-0.39, 0.29) is 23.7 Å². The fourth-order valence-electron chi connectivity index (χ4n) is 3.63. The van der Waals surface area contributed by atoms with Gasteiger partial charge in [0.25, 0.3) is 11.9 Å². The molecule has 1 aromatic heterocycles. The first-order chi connectivity index (χ1) is 16.5. The molecule has 8 heteroatoms. The Bertz CT molecular complexity index is 1380. The van der Waals surface area contributed by atoms with Gasteiger partial charge in [0.15, 0.2) is 0 Å². The molecule has 6 nitrogen and oxygen atoms in total. The molecule has 1 amide bonds. The van der Waals surface area contributed by atoms with Crippen molar-refractivity contribution in [2.45, 2.75) is 6.04 Å². The van der Waals surface area contributed by atoms with Crippen LogP contribution >= 0.6 is 11.6 Å². The quantitative estimate of drug-likeness (QED) is 0.362. The summed E-state index contributed by atoms with van der Waals surface area (Å²) >= 11 is 6.04. The molecular weight excluding hydrogens is 453 g/mol. The van der Waals surface area contributed by atoms with E-state index in [4.69, 9.17) is 11.6 Å². The lowest BCUT2D eigenvalue weighted by Gasteiger charge is -2.24. The number of fused-ring (bicyclic) bond motifs is 1. The molecule has 2 heterocycles. The van der Waals surface area contributed by atoms with E-state index in [1.807, 2.05) is 48.5 Å². The normalized spacial score (nSPS) is 14.9. The van der Waals surface area contributed by atoms with Crippen LogP contribution in [-0.2, 0) is 4.79 Å². The first kappa shape index (κ1) is 21.6. The van der Waals surface area contributed by atoms with Crippen molar-refractivity contribution in [3.63, 3.8) is 0 Å². The number of hydrogen-bond donors (Lipinski definition) is 2. The minimum atomic E-state index is -0.361. The zero-order chi connectivity index (χ0) is 23.5. The summed E-state index contributed by atoms with van der Waals surface area (Å²) in [4.78, 5) is 16.9. The lowest BCUT2D eigenvalue weighted by atomic mass is 10.0. The van der Waals surface area contributed by atoms with Crippen molar-refractivity contribution in [2.24, 2.45) is 0 Å². The Morgan fingerprint density at radius 3 is 2.50 bits per heavy atom. The van der Waals surface area contributed by atoms with Crippen LogP contribution in [0.1, 0.15) is 22.7 Å². The second-order valence-electron chi connectivity index (χ2n) is 7.65. The van der Waals surface area contributed by atoms with Crippen molar-refractivity contribution in [3.05, 3.63) is 119 Å². The molecule has 1 aliphatic rings. The van der Waals surface area contributed by atoms with E-state index >= 15 is 0 Å². The molecule has 0 bridgehead atoms. The van der Waals surface area contributed by atoms with E-state index < -0.39 is 0 Å². The highest BCUT2D eigenvalue weighted by Gasteiger charge is 2.25. The number of aromatic nitrogens is 3. The third-order valence-corrected chi connectivity index (χ3v) is 5.55. The van der Waals surface area contributed by atoms with Gasteiger partial charge in [0, 0.05) is 16.8 Å². The van der Waals surface area contributed by atoms with Gasteiger partial charge in [-0.25, -0.2) is 9.07 Å². The van der Waals surface area contributed by atoms with Gasteiger partial charge in [0.2, 0.25) is 5.95 Å². The molecule has 1 aliphatic heterocycles. The molecule has 5 rings (SSSR count). The molecule has 1 atom stereocenters. The monoisotopic (exact) mass is 471 g/mol. The predicted molar refractivity (Wildman–Crippen MR) is 132 cm³/mol. The third kappa shape index (κ3) is 4.74. The minimum Gasteiger partial charge on any atom is -0.324 e. The highest BCUT2D eigenvalue weighted by Crippen LogP contribution is 2.33. The number of benzene rings is 3. The van der Waals surface area contributed by atoms with Crippen molar-refractivity contribution >= 4 is 41.2 Å². The van der Waals surface area contributed by atoms with Crippen LogP contribution in [0.4, 0.5) is 16.3 Å². The van der Waals surface area contributed by atoms with Crippen LogP contribution in [0.2, 0.25) is 5.02 Å². The lowest BCUT2D eigenvalue weighted by molar-refractivity contribution is -0.111. The molecule has 0 radical (unpaired) electrons. The van der Waals surface area contributed by atoms with Gasteiger partial charge in [0.1, 0.15) is 11.9 Å². The van der Waals surface area contributed by atoms with Crippen LogP contribution in [0.5, 0.6) is 0 Å². The number of rotatable bonds is 5. The largest absolute Gasteiger partial charge is 0.324 e. The number of halogens is 2. The Morgan fingerprint density at radius 1 is 1.03 bits per heavy atom. The van der Waals surface area contributed by atoms with Crippen LogP contribution < -0.4 is 10.6 Å². The summed E-state index contributed by atoms with van der Waals surface area (Å²) in [6.45, 7) is 0. The Balaban J connectivity index is 1.44. The van der Waals surface area contributed by atoms with Crippen LogP contribution in [0, 0.1) is 5.82 Å². The number of nitrogens with zero attached hydrogens (tertiary/aromatic N) is 3. The van der Waals surface area contributed by atoms with Gasteiger partial charge in [-0.1, -0.05) is 66.2 Å². The number of allylic oxidation sites excluding steroid dienone is 1. The Hall–Kier alpha value is -4.23. The fourth-order valence-corrected chi connectivity index (χ4v) is 3.76. The SMILES string of the molecule is O=C(/C=C/c1ccccc1)Nc1nc2n(n1)[C@H](c1ccc(F)cc1)C=C(c1ccc(Cl)cc1)N2. The predicted octanol–water partition coefficient (Wildman–Crippen LogP) is 5.78. The van der Waals surface area contributed by atoms with Crippen molar-refractivity contribution in [1.29, 1.82) is 0 Å². The van der Waals surface area contributed by atoms with E-state index in [1.165, 1.54) is 18.2 Å². The zero-order valence-corrected chi connectivity index (χ0v) is 18.6. The minimum absolute atomic E-state index is 0.156. The summed E-state index contributed by atoms with van der Waals surface area (Å²) in [7, 11) is 0. The lowest BCUT2D eigenvalue weighted by Crippen LogP contribution is -2.20. The van der Waals surface area contributed by atoms with Crippen LogP contribution in [0.3, 0.4) is 0 Å². The maximum Gasteiger partial charge on any atom is 0.250 e. The maximum absolute atomic E-state index is 13.5. The van der Waals surface area contributed by atoms with Gasteiger partial charge in [-0.3, -0.25) is 10.1 Å². The Kier molecular flexibility index (Phi) is 5.93. The fraction of sp³-hybridized carbons (Fsp3) is 0.0385. The Morgan fingerprint density at radius 2 is 1.76 bits per heavy atom. The van der Waals surface area contributed by atoms with Gasteiger partial charge < -0.3 is 5.32 Å².